The van der Waals surface area contributed by atoms with Crippen molar-refractivity contribution in [2.24, 2.45) is 0 Å². The number of thiophene rings is 1. The number of fused-ring (bicyclic) bond motifs is 1. The lowest BCUT2D eigenvalue weighted by Crippen LogP contribution is -2.29. The van der Waals surface area contributed by atoms with Gasteiger partial charge in [0.2, 0.25) is 0 Å². The van der Waals surface area contributed by atoms with E-state index in [-0.39, 0.29) is 0 Å². The van der Waals surface area contributed by atoms with E-state index in [4.69, 9.17) is 4.52 Å². The Labute approximate surface area is 105 Å². The molecule has 3 rings (SSSR count). The van der Waals surface area contributed by atoms with E-state index in [1.165, 1.54) is 17.5 Å². The fraction of sp³-hybridized carbons (Fsp3) is 0.462. The van der Waals surface area contributed by atoms with Crippen LogP contribution in [0.5, 0.6) is 0 Å². The maximum absolute atomic E-state index is 5.22. The summed E-state index contributed by atoms with van der Waals surface area (Å²) in [6.45, 7) is 7.16. The fourth-order valence-electron chi connectivity index (χ4n) is 2.39. The number of aryl methyl sites for hydroxylation is 2. The van der Waals surface area contributed by atoms with E-state index in [0.29, 0.717) is 0 Å². The summed E-state index contributed by atoms with van der Waals surface area (Å²) in [6, 6.07) is 2.25. The number of aromatic nitrogens is 1. The highest BCUT2D eigenvalue weighted by atomic mass is 32.1. The Hall–Kier alpha value is -1.13. The van der Waals surface area contributed by atoms with Gasteiger partial charge in [0.25, 0.3) is 0 Å². The van der Waals surface area contributed by atoms with Crippen LogP contribution in [-0.2, 0) is 19.5 Å². The summed E-state index contributed by atoms with van der Waals surface area (Å²) in [5.74, 6) is 0.957. The molecule has 0 N–H and O–H groups in total. The predicted octanol–water partition coefficient (Wildman–Crippen LogP) is 2.91. The monoisotopic (exact) mass is 248 g/mol. The van der Waals surface area contributed by atoms with Crippen molar-refractivity contribution in [3.05, 3.63) is 38.9 Å². The molecule has 0 amide bonds. The topological polar surface area (TPSA) is 29.3 Å². The summed E-state index contributed by atoms with van der Waals surface area (Å²) in [5, 5.41) is 6.21. The van der Waals surface area contributed by atoms with E-state index in [0.717, 1.165) is 31.1 Å². The largest absolute Gasteiger partial charge is 0.361 e. The van der Waals surface area contributed by atoms with Crippen LogP contribution in [0.25, 0.3) is 0 Å². The Morgan fingerprint density at radius 3 is 3.12 bits per heavy atom. The van der Waals surface area contributed by atoms with Crippen molar-refractivity contribution in [3.8, 4) is 0 Å². The summed E-state index contributed by atoms with van der Waals surface area (Å²) in [4.78, 5) is 4.03. The third kappa shape index (κ3) is 2.03. The Morgan fingerprint density at radius 1 is 1.47 bits per heavy atom. The Kier molecular flexibility index (Phi) is 2.76. The molecule has 17 heavy (non-hydrogen) atoms. The SMILES string of the molecule is Cc1noc(C)c1CN1CCc2sccc2C1. The van der Waals surface area contributed by atoms with Crippen molar-refractivity contribution in [2.75, 3.05) is 6.54 Å². The highest BCUT2D eigenvalue weighted by Gasteiger charge is 2.19. The van der Waals surface area contributed by atoms with Gasteiger partial charge in [-0.05, 0) is 37.3 Å². The number of rotatable bonds is 2. The summed E-state index contributed by atoms with van der Waals surface area (Å²) in [7, 11) is 0. The molecular formula is C13H16N2OS. The van der Waals surface area contributed by atoms with Crippen molar-refractivity contribution in [2.45, 2.75) is 33.4 Å². The van der Waals surface area contributed by atoms with Gasteiger partial charge in [0.15, 0.2) is 0 Å². The minimum Gasteiger partial charge on any atom is -0.361 e. The van der Waals surface area contributed by atoms with Crippen LogP contribution in [0.3, 0.4) is 0 Å². The van der Waals surface area contributed by atoms with E-state index in [9.17, 15) is 0 Å². The minimum absolute atomic E-state index is 0.955. The van der Waals surface area contributed by atoms with Crippen LogP contribution in [0.15, 0.2) is 16.0 Å². The van der Waals surface area contributed by atoms with Crippen molar-refractivity contribution in [1.29, 1.82) is 0 Å². The van der Waals surface area contributed by atoms with E-state index in [1.807, 2.05) is 25.2 Å². The Balaban J connectivity index is 1.76. The maximum Gasteiger partial charge on any atom is 0.138 e. The lowest BCUT2D eigenvalue weighted by Gasteiger charge is -2.26. The summed E-state index contributed by atoms with van der Waals surface area (Å²) in [6.07, 6.45) is 1.18. The molecule has 3 heterocycles. The molecule has 0 radical (unpaired) electrons. The number of hydrogen-bond donors (Lipinski definition) is 0. The molecule has 1 aliphatic heterocycles. The molecule has 2 aromatic rings. The molecule has 4 heteroatoms. The van der Waals surface area contributed by atoms with Crippen LogP contribution >= 0.6 is 11.3 Å². The maximum atomic E-state index is 5.22. The standard InChI is InChI=1S/C13H16N2OS/c1-9-12(10(2)16-14-9)8-15-5-3-13-11(7-15)4-6-17-13/h4,6H,3,5,7-8H2,1-2H3. The molecule has 90 valence electrons. The van der Waals surface area contributed by atoms with Crippen LogP contribution < -0.4 is 0 Å². The van der Waals surface area contributed by atoms with Crippen LogP contribution in [0.2, 0.25) is 0 Å². The Morgan fingerprint density at radius 2 is 2.35 bits per heavy atom. The highest BCUT2D eigenvalue weighted by Crippen LogP contribution is 2.26. The molecular weight excluding hydrogens is 232 g/mol. The lowest BCUT2D eigenvalue weighted by molar-refractivity contribution is 0.245. The Bertz CT molecular complexity index is 510. The number of nitrogens with zero attached hydrogens (tertiary/aromatic N) is 2. The van der Waals surface area contributed by atoms with Gasteiger partial charge in [0, 0.05) is 30.1 Å². The van der Waals surface area contributed by atoms with Crippen molar-refractivity contribution < 1.29 is 4.52 Å². The highest BCUT2D eigenvalue weighted by molar-refractivity contribution is 7.10. The number of hydrogen-bond acceptors (Lipinski definition) is 4. The van der Waals surface area contributed by atoms with Gasteiger partial charge in [-0.2, -0.15) is 0 Å². The van der Waals surface area contributed by atoms with E-state index in [2.05, 4.69) is 21.5 Å². The van der Waals surface area contributed by atoms with Gasteiger partial charge in [0.05, 0.1) is 5.69 Å². The van der Waals surface area contributed by atoms with Gasteiger partial charge in [-0.3, -0.25) is 4.90 Å². The van der Waals surface area contributed by atoms with Gasteiger partial charge in [-0.1, -0.05) is 5.16 Å². The zero-order valence-electron chi connectivity index (χ0n) is 10.2. The lowest BCUT2D eigenvalue weighted by atomic mass is 10.1. The first kappa shape index (κ1) is 11.0. The van der Waals surface area contributed by atoms with Crippen LogP contribution in [0.4, 0.5) is 0 Å². The van der Waals surface area contributed by atoms with Crippen LogP contribution in [0.1, 0.15) is 27.5 Å². The quantitative estimate of drug-likeness (QED) is 0.818. The second kappa shape index (κ2) is 4.27. The minimum atomic E-state index is 0.955. The van der Waals surface area contributed by atoms with Crippen LogP contribution in [0, 0.1) is 13.8 Å². The first-order chi connectivity index (χ1) is 8.24. The van der Waals surface area contributed by atoms with Crippen molar-refractivity contribution in [3.63, 3.8) is 0 Å². The molecule has 0 spiro atoms. The zero-order valence-corrected chi connectivity index (χ0v) is 11.0. The first-order valence-electron chi connectivity index (χ1n) is 5.93. The molecule has 0 atom stereocenters. The first-order valence-corrected chi connectivity index (χ1v) is 6.81. The van der Waals surface area contributed by atoms with E-state index < -0.39 is 0 Å². The molecule has 3 nitrogen and oxygen atoms in total. The van der Waals surface area contributed by atoms with Gasteiger partial charge in [-0.25, -0.2) is 0 Å². The molecule has 0 bridgehead atoms. The van der Waals surface area contributed by atoms with Crippen molar-refractivity contribution in [1.82, 2.24) is 10.1 Å². The molecule has 0 saturated carbocycles. The fourth-order valence-corrected chi connectivity index (χ4v) is 3.28. The molecule has 0 unspecified atom stereocenters. The van der Waals surface area contributed by atoms with E-state index >= 15 is 0 Å². The summed E-state index contributed by atoms with van der Waals surface area (Å²) in [5.41, 5.74) is 3.77. The average molecular weight is 248 g/mol. The zero-order chi connectivity index (χ0) is 11.8. The third-order valence-corrected chi connectivity index (χ3v) is 4.47. The smallest absolute Gasteiger partial charge is 0.138 e. The molecule has 0 aliphatic carbocycles. The molecule has 0 saturated heterocycles. The average Bonchev–Trinajstić information content (AvgIpc) is 2.90. The molecule has 0 fully saturated rings. The second-order valence-electron chi connectivity index (χ2n) is 4.63. The molecule has 0 aromatic carbocycles. The van der Waals surface area contributed by atoms with Crippen LogP contribution in [-0.4, -0.2) is 16.6 Å². The predicted molar refractivity (Wildman–Crippen MR) is 68.1 cm³/mol. The van der Waals surface area contributed by atoms with Gasteiger partial charge in [0.1, 0.15) is 5.76 Å². The normalized spacial score (nSPS) is 16.1. The van der Waals surface area contributed by atoms with Gasteiger partial charge in [-0.15, -0.1) is 11.3 Å². The van der Waals surface area contributed by atoms with E-state index in [1.54, 1.807) is 4.88 Å². The summed E-state index contributed by atoms with van der Waals surface area (Å²) < 4.78 is 5.22. The molecule has 1 aliphatic rings. The van der Waals surface area contributed by atoms with Gasteiger partial charge >= 0.3 is 0 Å². The second-order valence-corrected chi connectivity index (χ2v) is 5.63. The van der Waals surface area contributed by atoms with Gasteiger partial charge < -0.3 is 4.52 Å². The third-order valence-electron chi connectivity index (χ3n) is 3.45. The molecule has 2 aromatic heterocycles. The van der Waals surface area contributed by atoms with Crippen molar-refractivity contribution >= 4 is 11.3 Å². The summed E-state index contributed by atoms with van der Waals surface area (Å²) >= 11 is 1.88.